The number of piperazine rings is 1. The van der Waals surface area contributed by atoms with Crippen LogP contribution in [0, 0.1) is 0 Å². The number of nitrogens with two attached hydrogens (primary N) is 1. The molecule has 0 aliphatic carbocycles. The number of likely N-dealkylation sites (N-methyl/N-ethyl adjacent to an activating group) is 1. The highest BCUT2D eigenvalue weighted by Gasteiger charge is 2.26. The Bertz CT molecular complexity index is 410. The van der Waals surface area contributed by atoms with Crippen LogP contribution in [-0.4, -0.2) is 42.0 Å². The van der Waals surface area contributed by atoms with Crippen LogP contribution in [-0.2, 0) is 6.54 Å². The summed E-state index contributed by atoms with van der Waals surface area (Å²) in [5.41, 5.74) is 8.04. The summed E-state index contributed by atoms with van der Waals surface area (Å²) in [7, 11) is 2.21. The van der Waals surface area contributed by atoms with E-state index in [1.54, 1.807) is 0 Å². The Morgan fingerprint density at radius 1 is 1.28 bits per heavy atom. The first kappa shape index (κ1) is 13.8. The standard InChI is InChI=1S/C14H22BrN3/c1-10-7-18(8-11(2)17(10)3)9-12-4-5-13(15)14(16)6-12/h4-6,10-11H,7-9,16H2,1-3H3. The molecule has 0 aromatic heterocycles. The van der Waals surface area contributed by atoms with E-state index in [0.717, 1.165) is 29.8 Å². The minimum atomic E-state index is 0.613. The van der Waals surface area contributed by atoms with Crippen LogP contribution in [0.2, 0.25) is 0 Å². The molecule has 2 rings (SSSR count). The number of hydrogen-bond acceptors (Lipinski definition) is 3. The highest BCUT2D eigenvalue weighted by atomic mass is 79.9. The first-order valence-electron chi connectivity index (χ1n) is 6.45. The molecule has 0 bridgehead atoms. The van der Waals surface area contributed by atoms with Gasteiger partial charge in [-0.1, -0.05) is 6.07 Å². The van der Waals surface area contributed by atoms with Crippen molar-refractivity contribution in [1.82, 2.24) is 9.80 Å². The zero-order valence-electron chi connectivity index (χ0n) is 11.4. The van der Waals surface area contributed by atoms with Crippen molar-refractivity contribution < 1.29 is 0 Å². The van der Waals surface area contributed by atoms with Crippen LogP contribution in [0.15, 0.2) is 22.7 Å². The Morgan fingerprint density at radius 3 is 2.44 bits per heavy atom. The lowest BCUT2D eigenvalue weighted by atomic mass is 10.1. The molecule has 1 aliphatic heterocycles. The van der Waals surface area contributed by atoms with Crippen LogP contribution in [0.1, 0.15) is 19.4 Å². The van der Waals surface area contributed by atoms with Crippen LogP contribution >= 0.6 is 15.9 Å². The van der Waals surface area contributed by atoms with Gasteiger partial charge in [-0.2, -0.15) is 0 Å². The van der Waals surface area contributed by atoms with Crippen molar-refractivity contribution >= 4 is 21.6 Å². The van der Waals surface area contributed by atoms with Crippen molar-refractivity contribution in [3.05, 3.63) is 28.2 Å². The van der Waals surface area contributed by atoms with Crippen LogP contribution in [0.25, 0.3) is 0 Å². The predicted molar refractivity (Wildman–Crippen MR) is 80.5 cm³/mol. The van der Waals surface area contributed by atoms with Gasteiger partial charge < -0.3 is 5.73 Å². The van der Waals surface area contributed by atoms with E-state index in [-0.39, 0.29) is 0 Å². The molecule has 1 heterocycles. The van der Waals surface area contributed by atoms with Gasteiger partial charge in [-0.05, 0) is 54.5 Å². The summed E-state index contributed by atoms with van der Waals surface area (Å²) in [6.07, 6.45) is 0. The van der Waals surface area contributed by atoms with Crippen LogP contribution < -0.4 is 5.73 Å². The summed E-state index contributed by atoms with van der Waals surface area (Å²) < 4.78 is 0.978. The molecule has 1 aromatic rings. The largest absolute Gasteiger partial charge is 0.398 e. The lowest BCUT2D eigenvalue weighted by molar-refractivity contribution is 0.0556. The van der Waals surface area contributed by atoms with Gasteiger partial charge in [0.05, 0.1) is 0 Å². The van der Waals surface area contributed by atoms with E-state index in [1.165, 1.54) is 5.56 Å². The highest BCUT2D eigenvalue weighted by molar-refractivity contribution is 9.10. The van der Waals surface area contributed by atoms with Crippen molar-refractivity contribution in [2.45, 2.75) is 32.5 Å². The van der Waals surface area contributed by atoms with E-state index in [4.69, 9.17) is 5.73 Å². The first-order chi connectivity index (χ1) is 8.47. The SMILES string of the molecule is CC1CN(Cc2ccc(Br)c(N)c2)CC(C)N1C. The molecule has 2 atom stereocenters. The van der Waals surface area contributed by atoms with Gasteiger partial charge in [0.1, 0.15) is 0 Å². The molecule has 3 nitrogen and oxygen atoms in total. The van der Waals surface area contributed by atoms with Crippen LogP contribution in [0.4, 0.5) is 5.69 Å². The number of halogens is 1. The third-order valence-corrected chi connectivity index (χ3v) is 4.62. The molecular weight excluding hydrogens is 290 g/mol. The van der Waals surface area contributed by atoms with Gasteiger partial charge in [0.25, 0.3) is 0 Å². The molecule has 1 saturated heterocycles. The smallest absolute Gasteiger partial charge is 0.0461 e. The van der Waals surface area contributed by atoms with Crippen LogP contribution in [0.3, 0.4) is 0 Å². The molecule has 1 aliphatic rings. The Balaban J connectivity index is 2.03. The van der Waals surface area contributed by atoms with Gasteiger partial charge in [0, 0.05) is 41.9 Å². The van der Waals surface area contributed by atoms with Crippen molar-refractivity contribution in [3.63, 3.8) is 0 Å². The average Bonchev–Trinajstić information content (AvgIpc) is 2.31. The quantitative estimate of drug-likeness (QED) is 0.852. The third kappa shape index (κ3) is 3.05. The normalized spacial score (nSPS) is 26.4. The zero-order valence-corrected chi connectivity index (χ0v) is 12.9. The molecule has 18 heavy (non-hydrogen) atoms. The predicted octanol–water partition coefficient (Wildman–Crippen LogP) is 2.56. The number of anilines is 1. The Kier molecular flexibility index (Phi) is 4.30. The first-order valence-corrected chi connectivity index (χ1v) is 7.25. The molecule has 2 unspecified atom stereocenters. The molecule has 1 aromatic carbocycles. The molecule has 0 amide bonds. The van der Waals surface area contributed by atoms with E-state index in [0.29, 0.717) is 12.1 Å². The van der Waals surface area contributed by atoms with E-state index in [2.05, 4.69) is 58.8 Å². The molecule has 0 saturated carbocycles. The second kappa shape index (κ2) is 5.59. The second-order valence-electron chi connectivity index (χ2n) is 5.41. The van der Waals surface area contributed by atoms with Gasteiger partial charge in [-0.3, -0.25) is 9.80 Å². The fourth-order valence-corrected chi connectivity index (χ4v) is 2.84. The number of rotatable bonds is 2. The molecule has 0 spiro atoms. The number of benzene rings is 1. The van der Waals surface area contributed by atoms with Crippen molar-refractivity contribution in [2.24, 2.45) is 0 Å². The van der Waals surface area contributed by atoms with Crippen molar-refractivity contribution in [3.8, 4) is 0 Å². The van der Waals surface area contributed by atoms with Gasteiger partial charge in [0.15, 0.2) is 0 Å². The molecule has 1 fully saturated rings. The zero-order chi connectivity index (χ0) is 13.3. The lowest BCUT2D eigenvalue weighted by Crippen LogP contribution is -2.54. The Labute approximate surface area is 118 Å². The van der Waals surface area contributed by atoms with Gasteiger partial charge >= 0.3 is 0 Å². The number of nitrogen functional groups attached to an aromatic ring is 1. The molecule has 4 heteroatoms. The number of hydrogen-bond donors (Lipinski definition) is 1. The summed E-state index contributed by atoms with van der Waals surface area (Å²) in [5.74, 6) is 0. The average molecular weight is 312 g/mol. The van der Waals surface area contributed by atoms with E-state index >= 15 is 0 Å². The Morgan fingerprint density at radius 2 is 1.89 bits per heavy atom. The topological polar surface area (TPSA) is 32.5 Å². The van der Waals surface area contributed by atoms with Crippen molar-refractivity contribution in [1.29, 1.82) is 0 Å². The van der Waals surface area contributed by atoms with Gasteiger partial charge in [0.2, 0.25) is 0 Å². The van der Waals surface area contributed by atoms with E-state index < -0.39 is 0 Å². The second-order valence-corrected chi connectivity index (χ2v) is 6.27. The molecule has 2 N–H and O–H groups in total. The molecular formula is C14H22BrN3. The summed E-state index contributed by atoms with van der Waals surface area (Å²) in [4.78, 5) is 4.96. The third-order valence-electron chi connectivity index (χ3n) is 3.90. The van der Waals surface area contributed by atoms with E-state index in [9.17, 15) is 0 Å². The monoisotopic (exact) mass is 311 g/mol. The van der Waals surface area contributed by atoms with Gasteiger partial charge in [-0.25, -0.2) is 0 Å². The minimum Gasteiger partial charge on any atom is -0.398 e. The lowest BCUT2D eigenvalue weighted by Gasteiger charge is -2.42. The Hall–Kier alpha value is -0.580. The van der Waals surface area contributed by atoms with Crippen molar-refractivity contribution in [2.75, 3.05) is 25.9 Å². The van der Waals surface area contributed by atoms with E-state index in [1.807, 2.05) is 6.07 Å². The maximum atomic E-state index is 5.93. The molecule has 0 radical (unpaired) electrons. The number of nitrogens with zero attached hydrogens (tertiary/aromatic N) is 2. The highest BCUT2D eigenvalue weighted by Crippen LogP contribution is 2.22. The summed E-state index contributed by atoms with van der Waals surface area (Å²) in [6.45, 7) is 7.81. The maximum absolute atomic E-state index is 5.93. The van der Waals surface area contributed by atoms with Gasteiger partial charge in [-0.15, -0.1) is 0 Å². The maximum Gasteiger partial charge on any atom is 0.0461 e. The minimum absolute atomic E-state index is 0.613. The summed E-state index contributed by atoms with van der Waals surface area (Å²) in [6, 6.07) is 7.47. The summed E-state index contributed by atoms with van der Waals surface area (Å²) >= 11 is 3.44. The fourth-order valence-electron chi connectivity index (χ4n) is 2.59. The summed E-state index contributed by atoms with van der Waals surface area (Å²) in [5, 5.41) is 0. The fraction of sp³-hybridized carbons (Fsp3) is 0.571. The molecule has 100 valence electrons. The van der Waals surface area contributed by atoms with Crippen LogP contribution in [0.5, 0.6) is 0 Å².